The van der Waals surface area contributed by atoms with Crippen molar-refractivity contribution in [3.8, 4) is 0 Å². The highest BCUT2D eigenvalue weighted by Crippen LogP contribution is 2.24. The van der Waals surface area contributed by atoms with Crippen molar-refractivity contribution in [2.24, 2.45) is 0 Å². The number of oxazole rings is 1. The van der Waals surface area contributed by atoms with Gasteiger partial charge in [-0.15, -0.1) is 0 Å². The van der Waals surface area contributed by atoms with E-state index in [1.165, 1.54) is 30.9 Å². The van der Waals surface area contributed by atoms with E-state index in [2.05, 4.69) is 9.71 Å². The molecule has 0 aliphatic heterocycles. The van der Waals surface area contributed by atoms with Gasteiger partial charge in [-0.25, -0.2) is 18.1 Å². The van der Waals surface area contributed by atoms with Gasteiger partial charge in [-0.05, 0) is 18.2 Å². The first-order valence-corrected chi connectivity index (χ1v) is 7.55. The second kappa shape index (κ2) is 5.92. The van der Waals surface area contributed by atoms with Crippen molar-refractivity contribution in [3.05, 3.63) is 46.6 Å². The van der Waals surface area contributed by atoms with E-state index in [0.29, 0.717) is 17.1 Å². The van der Waals surface area contributed by atoms with Crippen LogP contribution in [-0.4, -0.2) is 19.9 Å². The molecule has 0 saturated carbocycles. The van der Waals surface area contributed by atoms with Crippen molar-refractivity contribution in [1.82, 2.24) is 9.71 Å². The van der Waals surface area contributed by atoms with Crippen LogP contribution in [0, 0.1) is 0 Å². The highest BCUT2D eigenvalue weighted by molar-refractivity contribution is 7.89. The Kier molecular flexibility index (Phi) is 4.46. The first-order valence-electron chi connectivity index (χ1n) is 5.31. The molecule has 0 bridgehead atoms. The molecule has 102 valence electrons. The lowest BCUT2D eigenvalue weighted by Crippen LogP contribution is -2.26. The Bertz CT molecular complexity index is 657. The third-order valence-electron chi connectivity index (χ3n) is 2.36. The molecule has 0 aliphatic carbocycles. The van der Waals surface area contributed by atoms with E-state index >= 15 is 0 Å². The van der Waals surface area contributed by atoms with Gasteiger partial charge in [0.1, 0.15) is 6.26 Å². The fourth-order valence-electron chi connectivity index (χ4n) is 1.40. The van der Waals surface area contributed by atoms with Crippen LogP contribution >= 0.6 is 23.2 Å². The van der Waals surface area contributed by atoms with E-state index in [-0.39, 0.29) is 16.5 Å². The molecule has 0 fully saturated rings. The highest BCUT2D eigenvalue weighted by atomic mass is 35.5. The van der Waals surface area contributed by atoms with Crippen LogP contribution in [0.15, 0.2) is 40.2 Å². The molecule has 1 aromatic heterocycles. The lowest BCUT2D eigenvalue weighted by atomic mass is 10.3. The summed E-state index contributed by atoms with van der Waals surface area (Å²) in [4.78, 5) is 3.97. The number of nitrogens with one attached hydrogen (secondary N) is 1. The van der Waals surface area contributed by atoms with Gasteiger partial charge in [0.2, 0.25) is 10.0 Å². The van der Waals surface area contributed by atoms with Crippen molar-refractivity contribution in [3.63, 3.8) is 0 Å². The summed E-state index contributed by atoms with van der Waals surface area (Å²) in [6, 6.07) is 4.14. The summed E-state index contributed by atoms with van der Waals surface area (Å²) in [5.41, 5.74) is 0.678. The second-order valence-electron chi connectivity index (χ2n) is 3.70. The summed E-state index contributed by atoms with van der Waals surface area (Å²) < 4.78 is 31.2. The minimum absolute atomic E-state index is 0.0713. The Hall–Kier alpha value is -1.08. The molecule has 0 atom stereocenters. The summed E-state index contributed by atoms with van der Waals surface area (Å²) in [5.74, 6) is 0. The fraction of sp³-hybridized carbons (Fsp3) is 0.182. The van der Waals surface area contributed by atoms with E-state index in [1.807, 2.05) is 0 Å². The maximum absolute atomic E-state index is 12.0. The van der Waals surface area contributed by atoms with Crippen molar-refractivity contribution in [2.75, 3.05) is 6.54 Å². The van der Waals surface area contributed by atoms with Crippen LogP contribution in [0.2, 0.25) is 10.0 Å². The van der Waals surface area contributed by atoms with Gasteiger partial charge in [0, 0.05) is 13.0 Å². The van der Waals surface area contributed by atoms with Gasteiger partial charge in [0.15, 0.2) is 6.39 Å². The van der Waals surface area contributed by atoms with Crippen molar-refractivity contribution < 1.29 is 12.8 Å². The van der Waals surface area contributed by atoms with E-state index in [4.69, 9.17) is 27.6 Å². The van der Waals surface area contributed by atoms with Crippen molar-refractivity contribution >= 4 is 33.2 Å². The maximum Gasteiger partial charge on any atom is 0.240 e. The number of benzene rings is 1. The SMILES string of the molecule is O=S(=O)(NCCc1cocn1)c1ccc(Cl)c(Cl)c1. The van der Waals surface area contributed by atoms with E-state index in [9.17, 15) is 8.42 Å². The zero-order chi connectivity index (χ0) is 13.9. The topological polar surface area (TPSA) is 72.2 Å². The third kappa shape index (κ3) is 3.70. The van der Waals surface area contributed by atoms with E-state index < -0.39 is 10.0 Å². The van der Waals surface area contributed by atoms with Crippen LogP contribution in [0.25, 0.3) is 0 Å². The number of sulfonamides is 1. The van der Waals surface area contributed by atoms with Gasteiger partial charge in [-0.2, -0.15) is 0 Å². The van der Waals surface area contributed by atoms with Crippen LogP contribution in [0.4, 0.5) is 0 Å². The number of aromatic nitrogens is 1. The Morgan fingerprint density at radius 3 is 2.68 bits per heavy atom. The van der Waals surface area contributed by atoms with Crippen LogP contribution in [0.5, 0.6) is 0 Å². The lowest BCUT2D eigenvalue weighted by Gasteiger charge is -2.06. The molecule has 8 heteroatoms. The monoisotopic (exact) mass is 320 g/mol. The zero-order valence-corrected chi connectivity index (χ0v) is 12.0. The van der Waals surface area contributed by atoms with Gasteiger partial charge >= 0.3 is 0 Å². The smallest absolute Gasteiger partial charge is 0.240 e. The Labute approximate surface area is 120 Å². The average Bonchev–Trinajstić information content (AvgIpc) is 2.85. The van der Waals surface area contributed by atoms with Crippen molar-refractivity contribution in [1.29, 1.82) is 0 Å². The fourth-order valence-corrected chi connectivity index (χ4v) is 2.82. The second-order valence-corrected chi connectivity index (χ2v) is 6.28. The highest BCUT2D eigenvalue weighted by Gasteiger charge is 2.15. The summed E-state index contributed by atoms with van der Waals surface area (Å²) in [6.45, 7) is 0.217. The molecular weight excluding hydrogens is 311 g/mol. The van der Waals surface area contributed by atoms with Crippen LogP contribution in [-0.2, 0) is 16.4 Å². The first kappa shape index (κ1) is 14.3. The molecule has 5 nitrogen and oxygen atoms in total. The number of rotatable bonds is 5. The minimum Gasteiger partial charge on any atom is -0.451 e. The molecule has 2 aromatic rings. The predicted octanol–water partition coefficient (Wildman–Crippen LogP) is 2.50. The number of nitrogens with zero attached hydrogens (tertiary/aromatic N) is 1. The summed E-state index contributed by atoms with van der Waals surface area (Å²) >= 11 is 11.5. The quantitative estimate of drug-likeness (QED) is 0.918. The Balaban J connectivity index is 2.03. The molecule has 2 rings (SSSR count). The largest absolute Gasteiger partial charge is 0.451 e. The van der Waals surface area contributed by atoms with Gasteiger partial charge in [0.05, 0.1) is 20.6 Å². The molecule has 0 unspecified atom stereocenters. The van der Waals surface area contributed by atoms with E-state index in [1.54, 1.807) is 0 Å². The molecule has 1 N–H and O–H groups in total. The predicted molar refractivity (Wildman–Crippen MR) is 71.9 cm³/mol. The molecule has 0 spiro atoms. The zero-order valence-electron chi connectivity index (χ0n) is 9.64. The molecule has 0 amide bonds. The van der Waals surface area contributed by atoms with Gasteiger partial charge in [-0.3, -0.25) is 0 Å². The number of halogens is 2. The first-order chi connectivity index (χ1) is 8.99. The van der Waals surface area contributed by atoms with Crippen LogP contribution in [0.1, 0.15) is 5.69 Å². The molecule has 0 radical (unpaired) electrons. The van der Waals surface area contributed by atoms with Gasteiger partial charge < -0.3 is 4.42 Å². The number of hydrogen-bond acceptors (Lipinski definition) is 4. The lowest BCUT2D eigenvalue weighted by molar-refractivity contribution is 0.555. The molecule has 0 saturated heterocycles. The molecular formula is C11H10Cl2N2O3S. The Morgan fingerprint density at radius 2 is 2.05 bits per heavy atom. The third-order valence-corrected chi connectivity index (χ3v) is 4.56. The van der Waals surface area contributed by atoms with Crippen LogP contribution < -0.4 is 4.72 Å². The van der Waals surface area contributed by atoms with Gasteiger partial charge in [0.25, 0.3) is 0 Å². The number of hydrogen-bond donors (Lipinski definition) is 1. The van der Waals surface area contributed by atoms with Crippen LogP contribution in [0.3, 0.4) is 0 Å². The average molecular weight is 321 g/mol. The summed E-state index contributed by atoms with van der Waals surface area (Å²) in [5, 5.41) is 0.504. The normalized spacial score (nSPS) is 11.7. The minimum atomic E-state index is -3.60. The maximum atomic E-state index is 12.0. The molecule has 19 heavy (non-hydrogen) atoms. The molecule has 0 aliphatic rings. The van der Waals surface area contributed by atoms with E-state index in [0.717, 1.165) is 0 Å². The summed E-state index contributed by atoms with van der Waals surface area (Å²) in [6.07, 6.45) is 3.20. The van der Waals surface area contributed by atoms with Gasteiger partial charge in [-0.1, -0.05) is 23.2 Å². The standard InChI is InChI=1S/C11H10Cl2N2O3S/c12-10-2-1-9(5-11(10)13)19(16,17)15-4-3-8-6-18-7-14-8/h1-2,5-7,15H,3-4H2. The molecule has 1 aromatic carbocycles. The Morgan fingerprint density at radius 1 is 1.26 bits per heavy atom. The van der Waals surface area contributed by atoms with Crippen molar-refractivity contribution in [2.45, 2.75) is 11.3 Å². The summed E-state index contributed by atoms with van der Waals surface area (Å²) in [7, 11) is -3.60. The molecule has 1 heterocycles.